The van der Waals surface area contributed by atoms with Crippen LogP contribution >= 0.6 is 0 Å². The first-order chi connectivity index (χ1) is 5.15. The van der Waals surface area contributed by atoms with Gasteiger partial charge in [-0.1, -0.05) is 0 Å². The van der Waals surface area contributed by atoms with E-state index in [9.17, 15) is 14.4 Å². The average molecular weight is 155 g/mol. The predicted molar refractivity (Wildman–Crippen MR) is 35.4 cm³/mol. The van der Waals surface area contributed by atoms with Gasteiger partial charge in [-0.3, -0.25) is 14.5 Å². The number of carbonyl (C=O) groups is 2. The van der Waals surface area contributed by atoms with Crippen molar-refractivity contribution < 1.29 is 14.4 Å². The summed E-state index contributed by atoms with van der Waals surface area (Å²) in [6, 6.07) is -1.32. The van der Waals surface area contributed by atoms with Crippen LogP contribution in [0.25, 0.3) is 0 Å². The van der Waals surface area contributed by atoms with Gasteiger partial charge in [-0.15, -0.1) is 0 Å². The largest absolute Gasteiger partial charge is 0.327 e. The molecule has 1 N–H and O–H groups in total. The van der Waals surface area contributed by atoms with Crippen molar-refractivity contribution in [1.29, 1.82) is 0 Å². The third kappa shape index (κ3) is 1.36. The molecule has 0 aromatic carbocycles. The quantitative estimate of drug-likeness (QED) is 0.530. The Morgan fingerprint density at radius 3 is 2.73 bits per heavy atom. The second-order valence-corrected chi connectivity index (χ2v) is 2.28. The van der Waals surface area contributed by atoms with Gasteiger partial charge < -0.3 is 5.32 Å². The van der Waals surface area contributed by atoms with Gasteiger partial charge in [0.2, 0.25) is 12.2 Å². The van der Waals surface area contributed by atoms with Crippen molar-refractivity contribution in [2.45, 2.75) is 12.5 Å². The fourth-order valence-corrected chi connectivity index (χ4v) is 0.793. The van der Waals surface area contributed by atoms with Crippen LogP contribution < -0.4 is 5.32 Å². The summed E-state index contributed by atoms with van der Waals surface area (Å²) in [6.07, 6.45) is 1.56. The minimum Gasteiger partial charge on any atom is -0.327 e. The molecule has 1 fully saturated rings. The number of amides is 3. The Morgan fingerprint density at radius 1 is 1.64 bits per heavy atom. The van der Waals surface area contributed by atoms with Crippen molar-refractivity contribution in [3.05, 3.63) is 0 Å². The number of hydrogen-bond donors (Lipinski definition) is 1. The lowest BCUT2D eigenvalue weighted by atomic mass is 10.2. The molecular weight excluding hydrogens is 148 g/mol. The normalized spacial score (nSPS) is 24.8. The number of nitrogens with zero attached hydrogens (tertiary/aromatic N) is 1. The molecular formula is C6H7N2O3. The fourth-order valence-electron chi connectivity index (χ4n) is 0.793. The van der Waals surface area contributed by atoms with Gasteiger partial charge in [0.15, 0.2) is 0 Å². The number of nitrogens with one attached hydrogen (secondary N) is 1. The van der Waals surface area contributed by atoms with Crippen LogP contribution in [0.3, 0.4) is 0 Å². The fraction of sp³-hybridized carbons (Fsp3) is 0.500. The van der Waals surface area contributed by atoms with Crippen molar-refractivity contribution in [3.8, 4) is 0 Å². The lowest BCUT2D eigenvalue weighted by Gasteiger charge is -2.24. The predicted octanol–water partition coefficient (Wildman–Crippen LogP) is -0.964. The van der Waals surface area contributed by atoms with Gasteiger partial charge >= 0.3 is 6.03 Å². The van der Waals surface area contributed by atoms with E-state index in [0.29, 0.717) is 0 Å². The molecule has 1 unspecified atom stereocenters. The highest BCUT2D eigenvalue weighted by Gasteiger charge is 2.28. The Bertz CT molecular complexity index is 196. The maximum atomic E-state index is 10.9. The van der Waals surface area contributed by atoms with E-state index in [1.165, 1.54) is 7.05 Å². The van der Waals surface area contributed by atoms with Gasteiger partial charge in [-0.25, -0.2) is 4.79 Å². The molecule has 0 spiro atoms. The van der Waals surface area contributed by atoms with Gasteiger partial charge in [0, 0.05) is 7.05 Å². The molecule has 1 aliphatic heterocycles. The van der Waals surface area contributed by atoms with Gasteiger partial charge in [-0.05, 0) is 0 Å². The van der Waals surface area contributed by atoms with E-state index in [1.807, 2.05) is 0 Å². The standard InChI is InChI=1S/C6H7N2O3/c1-8-5(10)2-4(3-9)7-6(8)11/h4H,2H2,1H3,(H,7,11). The van der Waals surface area contributed by atoms with Crippen molar-refractivity contribution in [1.82, 2.24) is 10.2 Å². The van der Waals surface area contributed by atoms with Crippen LogP contribution in [-0.4, -0.2) is 36.2 Å². The summed E-state index contributed by atoms with van der Waals surface area (Å²) in [4.78, 5) is 32.6. The molecule has 1 radical (unpaired) electrons. The third-order valence-electron chi connectivity index (χ3n) is 1.50. The van der Waals surface area contributed by atoms with Gasteiger partial charge in [0.25, 0.3) is 0 Å². The van der Waals surface area contributed by atoms with Gasteiger partial charge in [0.05, 0.1) is 6.42 Å². The SMILES string of the molecule is CN1C(=O)CC([C]=O)NC1=O. The highest BCUT2D eigenvalue weighted by atomic mass is 16.2. The van der Waals surface area contributed by atoms with E-state index in [2.05, 4.69) is 5.32 Å². The van der Waals surface area contributed by atoms with Crippen molar-refractivity contribution in [2.75, 3.05) is 7.05 Å². The molecule has 0 bridgehead atoms. The zero-order chi connectivity index (χ0) is 8.43. The molecule has 5 nitrogen and oxygen atoms in total. The molecule has 1 saturated heterocycles. The first kappa shape index (κ1) is 7.71. The zero-order valence-corrected chi connectivity index (χ0v) is 5.96. The third-order valence-corrected chi connectivity index (χ3v) is 1.50. The Morgan fingerprint density at radius 2 is 2.27 bits per heavy atom. The van der Waals surface area contributed by atoms with E-state index < -0.39 is 12.1 Å². The van der Waals surface area contributed by atoms with E-state index >= 15 is 0 Å². The summed E-state index contributed by atoms with van der Waals surface area (Å²) in [5.74, 6) is -0.359. The van der Waals surface area contributed by atoms with Crippen molar-refractivity contribution in [2.24, 2.45) is 0 Å². The first-order valence-corrected chi connectivity index (χ1v) is 3.10. The second-order valence-electron chi connectivity index (χ2n) is 2.28. The molecule has 11 heavy (non-hydrogen) atoms. The lowest BCUT2D eigenvalue weighted by Crippen LogP contribution is -2.53. The van der Waals surface area contributed by atoms with Crippen LogP contribution in [-0.2, 0) is 9.59 Å². The summed E-state index contributed by atoms with van der Waals surface area (Å²) < 4.78 is 0. The van der Waals surface area contributed by atoms with Crippen LogP contribution in [0.2, 0.25) is 0 Å². The number of urea groups is 1. The summed E-state index contributed by atoms with van der Waals surface area (Å²) in [5, 5.41) is 2.29. The molecule has 0 saturated carbocycles. The topological polar surface area (TPSA) is 66.5 Å². The highest BCUT2D eigenvalue weighted by Crippen LogP contribution is 2.02. The average Bonchev–Trinajstić information content (AvgIpc) is 1.99. The second kappa shape index (κ2) is 2.69. The minimum atomic E-state index is -0.772. The summed E-state index contributed by atoms with van der Waals surface area (Å²) >= 11 is 0. The Labute approximate surface area is 63.4 Å². The number of imide groups is 1. The number of hydrogen-bond acceptors (Lipinski definition) is 3. The molecule has 0 aliphatic carbocycles. The number of carbonyl (C=O) groups excluding carboxylic acids is 3. The smallest absolute Gasteiger partial charge is 0.324 e. The molecule has 5 heteroatoms. The number of rotatable bonds is 1. The van der Waals surface area contributed by atoms with E-state index in [1.54, 1.807) is 6.29 Å². The Kier molecular flexibility index (Phi) is 1.89. The van der Waals surface area contributed by atoms with Crippen LogP contribution in [0.4, 0.5) is 4.79 Å². The summed E-state index contributed by atoms with van der Waals surface area (Å²) in [7, 11) is 1.36. The monoisotopic (exact) mass is 155 g/mol. The highest BCUT2D eigenvalue weighted by molar-refractivity contribution is 5.99. The first-order valence-electron chi connectivity index (χ1n) is 3.10. The molecule has 59 valence electrons. The van der Waals surface area contributed by atoms with E-state index in [4.69, 9.17) is 0 Å². The van der Waals surface area contributed by atoms with E-state index in [0.717, 1.165) is 4.90 Å². The molecule has 0 aromatic heterocycles. The van der Waals surface area contributed by atoms with Crippen molar-refractivity contribution in [3.63, 3.8) is 0 Å². The van der Waals surface area contributed by atoms with Crippen LogP contribution in [0, 0.1) is 0 Å². The molecule has 0 aromatic rings. The van der Waals surface area contributed by atoms with Gasteiger partial charge in [0.1, 0.15) is 6.04 Å². The lowest BCUT2D eigenvalue weighted by molar-refractivity contribution is -0.128. The maximum absolute atomic E-state index is 10.9. The molecule has 1 heterocycles. The summed E-state index contributed by atoms with van der Waals surface area (Å²) in [6.45, 7) is 0. The van der Waals surface area contributed by atoms with Crippen LogP contribution in [0.1, 0.15) is 6.42 Å². The van der Waals surface area contributed by atoms with Crippen LogP contribution in [0.15, 0.2) is 0 Å². The Balaban J connectivity index is 2.69. The van der Waals surface area contributed by atoms with Gasteiger partial charge in [-0.2, -0.15) is 0 Å². The minimum absolute atomic E-state index is 0.00569. The zero-order valence-electron chi connectivity index (χ0n) is 5.96. The van der Waals surface area contributed by atoms with E-state index in [-0.39, 0.29) is 12.3 Å². The molecule has 1 aliphatic rings. The van der Waals surface area contributed by atoms with Crippen molar-refractivity contribution >= 4 is 18.2 Å². The molecule has 1 rings (SSSR count). The Hall–Kier alpha value is -1.39. The maximum Gasteiger partial charge on any atom is 0.324 e. The van der Waals surface area contributed by atoms with Crippen LogP contribution in [0.5, 0.6) is 0 Å². The molecule has 1 atom stereocenters. The summed E-state index contributed by atoms with van der Waals surface area (Å²) in [5.41, 5.74) is 0. The molecule has 3 amide bonds.